The van der Waals surface area contributed by atoms with Crippen LogP contribution in [0, 0.1) is 0 Å². The van der Waals surface area contributed by atoms with E-state index in [1.165, 1.54) is 116 Å². The molecular formula is C68H114O6. The minimum absolute atomic E-state index is 0.0822. The SMILES string of the molecule is CC/C=C\C/C=C\C/C=C\C/C=C\C/C=C\C/C=C\C/C=C\C/C=C\CCCCCCCCCCC(=O)OCC(COC(=O)CCCCCCCCCC)OC(=O)CCCCCCC/C=C\CCCCCCCC. The van der Waals surface area contributed by atoms with Crippen LogP contribution in [0.25, 0.3) is 0 Å². The monoisotopic (exact) mass is 1030 g/mol. The molecular weight excluding hydrogens is 913 g/mol. The van der Waals surface area contributed by atoms with Crippen LogP contribution in [0.5, 0.6) is 0 Å². The zero-order valence-corrected chi connectivity index (χ0v) is 48.3. The molecule has 0 saturated carbocycles. The maximum absolute atomic E-state index is 12.8. The summed E-state index contributed by atoms with van der Waals surface area (Å²) in [5, 5.41) is 0. The van der Waals surface area contributed by atoms with Gasteiger partial charge in [0.25, 0.3) is 0 Å². The Morgan fingerprint density at radius 1 is 0.284 bits per heavy atom. The van der Waals surface area contributed by atoms with Crippen molar-refractivity contribution in [1.82, 2.24) is 0 Å². The third kappa shape index (κ3) is 59.0. The van der Waals surface area contributed by atoms with E-state index in [2.05, 4.69) is 130 Å². The second kappa shape index (κ2) is 61.6. The molecule has 0 fully saturated rings. The molecule has 0 saturated heterocycles. The molecule has 0 aromatic rings. The van der Waals surface area contributed by atoms with Crippen molar-refractivity contribution in [2.75, 3.05) is 13.2 Å². The van der Waals surface area contributed by atoms with Gasteiger partial charge in [-0.2, -0.15) is 0 Å². The highest BCUT2D eigenvalue weighted by molar-refractivity contribution is 5.71. The lowest BCUT2D eigenvalue weighted by molar-refractivity contribution is -0.167. The minimum atomic E-state index is -0.783. The van der Waals surface area contributed by atoms with Crippen LogP contribution in [0.2, 0.25) is 0 Å². The van der Waals surface area contributed by atoms with Crippen molar-refractivity contribution in [3.63, 3.8) is 0 Å². The van der Waals surface area contributed by atoms with E-state index < -0.39 is 6.10 Å². The van der Waals surface area contributed by atoms with Gasteiger partial charge in [0.05, 0.1) is 0 Å². The largest absolute Gasteiger partial charge is 0.462 e. The van der Waals surface area contributed by atoms with Gasteiger partial charge in [-0.3, -0.25) is 14.4 Å². The Hall–Kier alpha value is -3.93. The van der Waals surface area contributed by atoms with E-state index in [-0.39, 0.29) is 31.1 Å². The summed E-state index contributed by atoms with van der Waals surface area (Å²) in [6.45, 7) is 6.48. The molecule has 0 amide bonds. The van der Waals surface area contributed by atoms with Gasteiger partial charge < -0.3 is 14.2 Å². The molecule has 0 aromatic heterocycles. The molecule has 0 spiro atoms. The number of ether oxygens (including phenoxy) is 3. The highest BCUT2D eigenvalue weighted by Gasteiger charge is 2.19. The molecule has 0 N–H and O–H groups in total. The normalized spacial score (nSPS) is 12.9. The Bertz CT molecular complexity index is 1510. The van der Waals surface area contributed by atoms with Crippen molar-refractivity contribution in [3.8, 4) is 0 Å². The summed E-state index contributed by atoms with van der Waals surface area (Å²) < 4.78 is 16.8. The van der Waals surface area contributed by atoms with Crippen molar-refractivity contribution in [1.29, 1.82) is 0 Å². The maximum atomic E-state index is 12.8. The lowest BCUT2D eigenvalue weighted by Gasteiger charge is -2.18. The number of rotatable bonds is 55. The smallest absolute Gasteiger partial charge is 0.306 e. The van der Waals surface area contributed by atoms with Crippen LogP contribution >= 0.6 is 0 Å². The van der Waals surface area contributed by atoms with E-state index in [1.54, 1.807) is 0 Å². The quantitative estimate of drug-likeness (QED) is 0.0261. The van der Waals surface area contributed by atoms with Crippen LogP contribution in [0.4, 0.5) is 0 Å². The first-order valence-electron chi connectivity index (χ1n) is 30.9. The Kier molecular flexibility index (Phi) is 58.3. The number of hydrogen-bond donors (Lipinski definition) is 0. The van der Waals surface area contributed by atoms with Gasteiger partial charge in [-0.25, -0.2) is 0 Å². The number of carbonyl (C=O) groups excluding carboxylic acids is 3. The molecule has 6 heteroatoms. The first kappa shape index (κ1) is 70.1. The predicted octanol–water partition coefficient (Wildman–Crippen LogP) is 21.0. The number of esters is 3. The molecule has 6 nitrogen and oxygen atoms in total. The standard InChI is InChI=1S/C68H114O6/c1-4-7-10-13-16-19-21-23-25-26-27-28-29-30-31-32-33-34-35-36-37-38-39-40-41-42-44-45-47-49-52-55-58-61-67(70)73-64-65(63-72-66(69)60-57-54-51-18-15-12-9-6-3)74-68(71)62-59-56-53-50-48-46-43-24-22-20-17-14-11-8-5-2/h7,10,16,19,23-25,27-28,30-31,33-34,36-37,39-40,43,65H,4-6,8-9,11-15,17-18,20-22,26,29,32,35,38,41-42,44-64H2,1-3H3/b10-7-,19-16-,25-23-,28-27-,31-30-,34-33-,37-36-,40-39-,43-24-. The summed E-state index contributed by atoms with van der Waals surface area (Å²) in [7, 11) is 0. The van der Waals surface area contributed by atoms with Crippen LogP contribution in [0.15, 0.2) is 109 Å². The number of unbranched alkanes of at least 4 members (excludes halogenated alkanes) is 26. The molecule has 0 radical (unpaired) electrons. The molecule has 0 aliphatic heterocycles. The van der Waals surface area contributed by atoms with E-state index in [9.17, 15) is 14.4 Å². The van der Waals surface area contributed by atoms with Crippen molar-refractivity contribution in [3.05, 3.63) is 109 Å². The highest BCUT2D eigenvalue weighted by atomic mass is 16.6. The van der Waals surface area contributed by atoms with Crippen molar-refractivity contribution in [2.45, 2.75) is 290 Å². The van der Waals surface area contributed by atoms with Gasteiger partial charge in [0.15, 0.2) is 6.10 Å². The lowest BCUT2D eigenvalue weighted by Crippen LogP contribution is -2.30. The lowest BCUT2D eigenvalue weighted by atomic mass is 10.1. The van der Waals surface area contributed by atoms with E-state index >= 15 is 0 Å². The van der Waals surface area contributed by atoms with Crippen LogP contribution in [0.3, 0.4) is 0 Å². The maximum Gasteiger partial charge on any atom is 0.306 e. The topological polar surface area (TPSA) is 78.9 Å². The third-order valence-electron chi connectivity index (χ3n) is 13.0. The molecule has 1 unspecified atom stereocenters. The number of hydrogen-bond acceptors (Lipinski definition) is 6. The van der Waals surface area contributed by atoms with Gasteiger partial charge in [0.2, 0.25) is 0 Å². The minimum Gasteiger partial charge on any atom is -0.462 e. The Labute approximate surface area is 457 Å². The molecule has 0 aromatic carbocycles. The van der Waals surface area contributed by atoms with Gasteiger partial charge in [0, 0.05) is 19.3 Å². The summed E-state index contributed by atoms with van der Waals surface area (Å²) in [4.78, 5) is 38.0. The fourth-order valence-corrected chi connectivity index (χ4v) is 8.39. The molecule has 422 valence electrons. The molecule has 0 aliphatic rings. The van der Waals surface area contributed by atoms with E-state index in [4.69, 9.17) is 14.2 Å². The highest BCUT2D eigenvalue weighted by Crippen LogP contribution is 2.15. The zero-order valence-electron chi connectivity index (χ0n) is 48.3. The average molecular weight is 1030 g/mol. The summed E-state index contributed by atoms with van der Waals surface area (Å²) >= 11 is 0. The van der Waals surface area contributed by atoms with E-state index in [0.717, 1.165) is 128 Å². The zero-order chi connectivity index (χ0) is 53.6. The van der Waals surface area contributed by atoms with Crippen LogP contribution in [-0.4, -0.2) is 37.2 Å². The first-order valence-corrected chi connectivity index (χ1v) is 30.9. The Morgan fingerprint density at radius 3 is 0.838 bits per heavy atom. The molecule has 0 aliphatic carbocycles. The molecule has 0 rings (SSSR count). The number of carbonyl (C=O) groups is 3. The second-order valence-corrected chi connectivity index (χ2v) is 20.2. The fourth-order valence-electron chi connectivity index (χ4n) is 8.39. The van der Waals surface area contributed by atoms with Crippen LogP contribution in [-0.2, 0) is 28.6 Å². The molecule has 0 heterocycles. The molecule has 1 atom stereocenters. The predicted molar refractivity (Wildman–Crippen MR) is 320 cm³/mol. The summed E-state index contributed by atoms with van der Waals surface area (Å²) in [6.07, 6.45) is 83.9. The summed E-state index contributed by atoms with van der Waals surface area (Å²) in [5.41, 5.74) is 0. The van der Waals surface area contributed by atoms with Crippen LogP contribution in [0.1, 0.15) is 284 Å². The van der Waals surface area contributed by atoms with Crippen molar-refractivity contribution in [2.24, 2.45) is 0 Å². The van der Waals surface area contributed by atoms with E-state index in [0.29, 0.717) is 19.3 Å². The van der Waals surface area contributed by atoms with Gasteiger partial charge in [-0.05, 0) is 109 Å². The second-order valence-electron chi connectivity index (χ2n) is 20.2. The molecule has 0 bridgehead atoms. The first-order chi connectivity index (χ1) is 36.5. The van der Waals surface area contributed by atoms with Gasteiger partial charge in [-0.1, -0.05) is 265 Å². The Balaban J connectivity index is 4.17. The summed E-state index contributed by atoms with van der Waals surface area (Å²) in [6, 6.07) is 0. The summed E-state index contributed by atoms with van der Waals surface area (Å²) in [5.74, 6) is -0.900. The van der Waals surface area contributed by atoms with Gasteiger partial charge in [-0.15, -0.1) is 0 Å². The van der Waals surface area contributed by atoms with Crippen molar-refractivity contribution < 1.29 is 28.6 Å². The molecule has 74 heavy (non-hydrogen) atoms. The van der Waals surface area contributed by atoms with Crippen molar-refractivity contribution >= 4 is 17.9 Å². The van der Waals surface area contributed by atoms with Gasteiger partial charge >= 0.3 is 17.9 Å². The van der Waals surface area contributed by atoms with Gasteiger partial charge in [0.1, 0.15) is 13.2 Å². The average Bonchev–Trinajstić information content (AvgIpc) is 3.40. The van der Waals surface area contributed by atoms with E-state index in [1.807, 2.05) is 0 Å². The number of allylic oxidation sites excluding steroid dienone is 18. The fraction of sp³-hybridized carbons (Fsp3) is 0.691. The third-order valence-corrected chi connectivity index (χ3v) is 13.0. The van der Waals surface area contributed by atoms with Crippen LogP contribution < -0.4 is 0 Å². The Morgan fingerprint density at radius 2 is 0.527 bits per heavy atom.